The number of ether oxygens (including phenoxy) is 2. The maximum absolute atomic E-state index is 12.3. The van der Waals surface area contributed by atoms with E-state index in [1.807, 2.05) is 12.1 Å². The Labute approximate surface area is 156 Å². The predicted octanol–water partition coefficient (Wildman–Crippen LogP) is 2.59. The van der Waals surface area contributed by atoms with Gasteiger partial charge in [0, 0.05) is 44.2 Å². The van der Waals surface area contributed by atoms with Crippen molar-refractivity contribution >= 4 is 11.6 Å². The van der Waals surface area contributed by atoms with Crippen LogP contribution in [0.25, 0.3) is 0 Å². The minimum Gasteiger partial charge on any atom is -0.497 e. The molecular weight excluding hydrogens is 330 g/mol. The molecule has 0 spiro atoms. The summed E-state index contributed by atoms with van der Waals surface area (Å²) in [5, 5.41) is 2.94. The number of hydrogen-bond acceptors (Lipinski definition) is 5. The summed E-state index contributed by atoms with van der Waals surface area (Å²) in [4.78, 5) is 17.3. The number of likely N-dealkylation sites (tertiary alicyclic amines) is 2. The van der Waals surface area contributed by atoms with E-state index in [0.717, 1.165) is 19.6 Å². The second-order valence-corrected chi connectivity index (χ2v) is 7.36. The van der Waals surface area contributed by atoms with Crippen molar-refractivity contribution < 1.29 is 14.3 Å². The highest BCUT2D eigenvalue weighted by atomic mass is 16.5. The average Bonchev–Trinajstić information content (AvgIpc) is 2.62. The highest BCUT2D eigenvalue weighted by Gasteiger charge is 2.34. The van der Waals surface area contributed by atoms with E-state index < -0.39 is 0 Å². The van der Waals surface area contributed by atoms with E-state index in [1.165, 1.54) is 25.8 Å². The van der Waals surface area contributed by atoms with Crippen molar-refractivity contribution in [1.29, 1.82) is 0 Å². The number of anilines is 1. The van der Waals surface area contributed by atoms with Crippen LogP contribution in [0, 0.1) is 0 Å². The van der Waals surface area contributed by atoms with Gasteiger partial charge < -0.3 is 14.8 Å². The molecule has 26 heavy (non-hydrogen) atoms. The maximum Gasteiger partial charge on any atom is 0.225 e. The Bertz CT molecular complexity index is 616. The molecule has 1 aromatic carbocycles. The van der Waals surface area contributed by atoms with E-state index in [1.54, 1.807) is 20.3 Å². The molecule has 144 valence electrons. The molecule has 2 fully saturated rings. The third kappa shape index (κ3) is 4.48. The number of amides is 1. The highest BCUT2D eigenvalue weighted by molar-refractivity contribution is 5.92. The Morgan fingerprint density at radius 3 is 2.73 bits per heavy atom. The van der Waals surface area contributed by atoms with Crippen LogP contribution in [0.1, 0.15) is 32.6 Å². The third-order valence-corrected chi connectivity index (χ3v) is 5.60. The van der Waals surface area contributed by atoms with Gasteiger partial charge in [-0.3, -0.25) is 14.6 Å². The molecule has 0 bridgehead atoms. The van der Waals surface area contributed by atoms with Gasteiger partial charge in [0.15, 0.2) is 0 Å². The van der Waals surface area contributed by atoms with Crippen LogP contribution >= 0.6 is 0 Å². The van der Waals surface area contributed by atoms with Gasteiger partial charge in [-0.25, -0.2) is 0 Å². The zero-order valence-electron chi connectivity index (χ0n) is 16.2. The third-order valence-electron chi connectivity index (χ3n) is 5.60. The van der Waals surface area contributed by atoms with Gasteiger partial charge >= 0.3 is 0 Å². The number of hydrogen-bond donors (Lipinski definition) is 1. The van der Waals surface area contributed by atoms with Crippen molar-refractivity contribution in [1.82, 2.24) is 9.80 Å². The van der Waals surface area contributed by atoms with Crippen LogP contribution in [0.4, 0.5) is 5.69 Å². The maximum atomic E-state index is 12.3. The van der Waals surface area contributed by atoms with Crippen molar-refractivity contribution in [2.45, 2.75) is 44.7 Å². The van der Waals surface area contributed by atoms with Crippen LogP contribution in [-0.4, -0.2) is 68.2 Å². The Hall–Kier alpha value is -1.79. The number of nitrogens with one attached hydrogen (secondary N) is 1. The predicted molar refractivity (Wildman–Crippen MR) is 103 cm³/mol. The van der Waals surface area contributed by atoms with E-state index in [0.29, 0.717) is 35.7 Å². The van der Waals surface area contributed by atoms with Gasteiger partial charge in [0.05, 0.1) is 19.9 Å². The summed E-state index contributed by atoms with van der Waals surface area (Å²) in [5.41, 5.74) is 0.682. The first kappa shape index (κ1) is 19.0. The number of rotatable bonds is 7. The summed E-state index contributed by atoms with van der Waals surface area (Å²) in [6.07, 6.45) is 4.51. The fraction of sp³-hybridized carbons (Fsp3) is 0.650. The molecule has 0 unspecified atom stereocenters. The first-order valence-corrected chi connectivity index (χ1v) is 9.60. The molecule has 2 aliphatic rings. The largest absolute Gasteiger partial charge is 0.497 e. The van der Waals surface area contributed by atoms with Gasteiger partial charge in [-0.1, -0.05) is 6.42 Å². The highest BCUT2D eigenvalue weighted by Crippen LogP contribution is 2.29. The quantitative estimate of drug-likeness (QED) is 0.809. The monoisotopic (exact) mass is 361 g/mol. The van der Waals surface area contributed by atoms with Gasteiger partial charge in [-0.15, -0.1) is 0 Å². The van der Waals surface area contributed by atoms with Crippen LogP contribution < -0.4 is 14.8 Å². The molecule has 0 aromatic heterocycles. The summed E-state index contributed by atoms with van der Waals surface area (Å²) >= 11 is 0. The van der Waals surface area contributed by atoms with Crippen molar-refractivity contribution in [3.8, 4) is 11.5 Å². The summed E-state index contributed by atoms with van der Waals surface area (Å²) in [7, 11) is 3.20. The Morgan fingerprint density at radius 1 is 1.23 bits per heavy atom. The van der Waals surface area contributed by atoms with Crippen molar-refractivity contribution in [2.75, 3.05) is 45.7 Å². The lowest BCUT2D eigenvalue weighted by atomic mass is 9.97. The molecule has 2 aliphatic heterocycles. The topological polar surface area (TPSA) is 54.0 Å². The van der Waals surface area contributed by atoms with Crippen LogP contribution in [-0.2, 0) is 4.79 Å². The number of carbonyl (C=O) groups is 1. The molecule has 1 amide bonds. The lowest BCUT2D eigenvalue weighted by Crippen LogP contribution is -2.62. The SMILES string of the molecule is COc1ccc(NC(=O)CCN2CC(N3CCCC[C@H]3C)C2)c(OC)c1. The minimum absolute atomic E-state index is 0.0169. The van der Waals surface area contributed by atoms with E-state index >= 15 is 0 Å². The summed E-state index contributed by atoms with van der Waals surface area (Å²) in [6, 6.07) is 6.79. The van der Waals surface area contributed by atoms with Gasteiger partial charge in [0.1, 0.15) is 11.5 Å². The molecular formula is C20H31N3O3. The van der Waals surface area contributed by atoms with Crippen molar-refractivity contribution in [3.63, 3.8) is 0 Å². The number of benzene rings is 1. The number of piperidine rings is 1. The van der Waals surface area contributed by atoms with E-state index in [2.05, 4.69) is 22.0 Å². The molecule has 0 aliphatic carbocycles. The molecule has 6 nitrogen and oxygen atoms in total. The molecule has 1 N–H and O–H groups in total. The lowest BCUT2D eigenvalue weighted by molar-refractivity contribution is -0.117. The Balaban J connectivity index is 1.41. The minimum atomic E-state index is 0.0169. The number of carbonyl (C=O) groups excluding carboxylic acids is 1. The van der Waals surface area contributed by atoms with Crippen LogP contribution in [0.15, 0.2) is 18.2 Å². The Kier molecular flexibility index (Phi) is 6.38. The fourth-order valence-electron chi connectivity index (χ4n) is 3.97. The van der Waals surface area contributed by atoms with E-state index in [9.17, 15) is 4.79 Å². The van der Waals surface area contributed by atoms with Crippen LogP contribution in [0.2, 0.25) is 0 Å². The number of nitrogens with zero attached hydrogens (tertiary/aromatic N) is 2. The second-order valence-electron chi connectivity index (χ2n) is 7.36. The molecule has 0 saturated carbocycles. The standard InChI is InChI=1S/C20H31N3O3/c1-15-6-4-5-10-23(15)16-13-22(14-16)11-9-20(24)21-18-8-7-17(25-2)12-19(18)26-3/h7-8,12,15-16H,4-6,9-11,13-14H2,1-3H3,(H,21,24)/t15-/m1/s1. The van der Waals surface area contributed by atoms with Gasteiger partial charge in [-0.05, 0) is 38.4 Å². The van der Waals surface area contributed by atoms with E-state index in [-0.39, 0.29) is 5.91 Å². The normalized spacial score (nSPS) is 21.9. The smallest absolute Gasteiger partial charge is 0.225 e. The molecule has 6 heteroatoms. The molecule has 1 aromatic rings. The number of methoxy groups -OCH3 is 2. The molecule has 1 atom stereocenters. The van der Waals surface area contributed by atoms with Crippen LogP contribution in [0.3, 0.4) is 0 Å². The average molecular weight is 361 g/mol. The molecule has 3 rings (SSSR count). The fourth-order valence-corrected chi connectivity index (χ4v) is 3.97. The summed E-state index contributed by atoms with van der Waals surface area (Å²) in [6.45, 7) is 6.56. The zero-order valence-corrected chi connectivity index (χ0v) is 16.2. The molecule has 2 heterocycles. The van der Waals surface area contributed by atoms with E-state index in [4.69, 9.17) is 9.47 Å². The molecule has 2 saturated heterocycles. The second kappa shape index (κ2) is 8.73. The zero-order chi connectivity index (χ0) is 18.5. The van der Waals surface area contributed by atoms with Crippen molar-refractivity contribution in [2.24, 2.45) is 0 Å². The van der Waals surface area contributed by atoms with Gasteiger partial charge in [-0.2, -0.15) is 0 Å². The first-order valence-electron chi connectivity index (χ1n) is 9.60. The van der Waals surface area contributed by atoms with Gasteiger partial charge in [0.25, 0.3) is 0 Å². The van der Waals surface area contributed by atoms with Crippen molar-refractivity contribution in [3.05, 3.63) is 18.2 Å². The first-order chi connectivity index (χ1) is 12.6. The van der Waals surface area contributed by atoms with Gasteiger partial charge in [0.2, 0.25) is 5.91 Å². The molecule has 0 radical (unpaired) electrons. The van der Waals surface area contributed by atoms with Crippen LogP contribution in [0.5, 0.6) is 11.5 Å². The Morgan fingerprint density at radius 2 is 2.04 bits per heavy atom. The lowest BCUT2D eigenvalue weighted by Gasteiger charge is -2.49. The summed E-state index contributed by atoms with van der Waals surface area (Å²) in [5.74, 6) is 1.34. The summed E-state index contributed by atoms with van der Waals surface area (Å²) < 4.78 is 10.5.